The molecule has 0 radical (unpaired) electrons. The topological polar surface area (TPSA) is 37.6 Å². The minimum atomic E-state index is 0.370. The first-order valence-corrected chi connectivity index (χ1v) is 8.37. The minimum Gasteiger partial charge on any atom is -0.465 e. The van der Waals surface area contributed by atoms with E-state index in [-0.39, 0.29) is 0 Å². The van der Waals surface area contributed by atoms with Crippen molar-refractivity contribution in [3.8, 4) is 0 Å². The molecule has 1 atom stereocenters. The molecule has 0 bridgehead atoms. The maximum atomic E-state index is 5.64. The second-order valence-electron chi connectivity index (χ2n) is 6.22. The normalized spacial score (nSPS) is 17.3. The number of nitrogens with zero attached hydrogens (tertiary/aromatic N) is 1. The Bertz CT molecular complexity index is 617. The summed E-state index contributed by atoms with van der Waals surface area (Å²) in [4.78, 5) is 2.51. The van der Waals surface area contributed by atoms with Crippen molar-refractivity contribution in [1.82, 2.24) is 10.2 Å². The predicted molar refractivity (Wildman–Crippen MR) is 91.5 cm³/mol. The van der Waals surface area contributed by atoms with Crippen molar-refractivity contribution >= 4 is 0 Å². The summed E-state index contributed by atoms with van der Waals surface area (Å²) in [6.45, 7) is 9.41. The van der Waals surface area contributed by atoms with E-state index < -0.39 is 0 Å². The Morgan fingerprint density at radius 1 is 1.13 bits per heavy atom. The summed E-state index contributed by atoms with van der Waals surface area (Å²) in [5.41, 5.74) is 2.68. The van der Waals surface area contributed by atoms with Crippen molar-refractivity contribution in [2.75, 3.05) is 32.8 Å². The third-order valence-electron chi connectivity index (χ3n) is 4.35. The predicted octanol–water partition coefficient (Wildman–Crippen LogP) is 3.06. The van der Waals surface area contributed by atoms with Gasteiger partial charge in [0.25, 0.3) is 0 Å². The number of hydrogen-bond acceptors (Lipinski definition) is 4. The first kappa shape index (κ1) is 16.2. The number of nitrogens with one attached hydrogen (secondary N) is 1. The van der Waals surface area contributed by atoms with Gasteiger partial charge in [0.05, 0.1) is 19.8 Å². The molecule has 1 fully saturated rings. The summed E-state index contributed by atoms with van der Waals surface area (Å²) >= 11 is 0. The molecule has 1 saturated heterocycles. The van der Waals surface area contributed by atoms with Crippen molar-refractivity contribution < 1.29 is 9.15 Å². The summed E-state index contributed by atoms with van der Waals surface area (Å²) in [7, 11) is 0. The molecule has 4 heteroatoms. The fourth-order valence-corrected chi connectivity index (χ4v) is 3.14. The Morgan fingerprint density at radius 3 is 2.65 bits per heavy atom. The van der Waals surface area contributed by atoms with Gasteiger partial charge in [-0.2, -0.15) is 0 Å². The lowest BCUT2D eigenvalue weighted by molar-refractivity contribution is 0.0160. The summed E-state index contributed by atoms with van der Waals surface area (Å²) in [6, 6.07) is 13.2. The first-order chi connectivity index (χ1) is 11.2. The van der Waals surface area contributed by atoms with Gasteiger partial charge in [0.15, 0.2) is 0 Å². The molecule has 2 heterocycles. The summed E-state index contributed by atoms with van der Waals surface area (Å²) in [5.74, 6) is 1.96. The Balaban J connectivity index is 1.67. The molecular formula is C19H26N2O2. The van der Waals surface area contributed by atoms with E-state index in [4.69, 9.17) is 9.15 Å². The van der Waals surface area contributed by atoms with Crippen LogP contribution in [0, 0.1) is 13.8 Å². The maximum absolute atomic E-state index is 5.64. The van der Waals surface area contributed by atoms with Gasteiger partial charge in [0.2, 0.25) is 0 Å². The average Bonchev–Trinajstić information content (AvgIpc) is 2.98. The molecular weight excluding hydrogens is 288 g/mol. The molecule has 4 nitrogen and oxygen atoms in total. The van der Waals surface area contributed by atoms with Gasteiger partial charge in [-0.25, -0.2) is 0 Å². The first-order valence-electron chi connectivity index (χ1n) is 8.37. The van der Waals surface area contributed by atoms with Crippen LogP contribution < -0.4 is 5.32 Å². The van der Waals surface area contributed by atoms with Crippen LogP contribution in [0.1, 0.15) is 28.7 Å². The van der Waals surface area contributed by atoms with Gasteiger partial charge < -0.3 is 14.5 Å². The number of hydrogen-bond donors (Lipinski definition) is 1. The zero-order valence-electron chi connectivity index (χ0n) is 14.0. The van der Waals surface area contributed by atoms with Gasteiger partial charge in [0.1, 0.15) is 11.5 Å². The van der Waals surface area contributed by atoms with Crippen LogP contribution in [0.15, 0.2) is 40.8 Å². The Morgan fingerprint density at radius 2 is 1.96 bits per heavy atom. The van der Waals surface area contributed by atoms with Crippen LogP contribution in [-0.4, -0.2) is 37.7 Å². The lowest BCUT2D eigenvalue weighted by Crippen LogP contribution is -2.42. The molecule has 0 amide bonds. The van der Waals surface area contributed by atoms with Crippen LogP contribution in [-0.2, 0) is 11.3 Å². The van der Waals surface area contributed by atoms with Crippen LogP contribution in [0.25, 0.3) is 0 Å². The van der Waals surface area contributed by atoms with E-state index in [0.717, 1.165) is 50.9 Å². The van der Waals surface area contributed by atoms with E-state index >= 15 is 0 Å². The number of furan rings is 1. The molecule has 1 aromatic heterocycles. The van der Waals surface area contributed by atoms with Crippen LogP contribution in [0.5, 0.6) is 0 Å². The Hall–Kier alpha value is -1.62. The van der Waals surface area contributed by atoms with Gasteiger partial charge in [-0.3, -0.25) is 4.90 Å². The molecule has 0 aliphatic carbocycles. The van der Waals surface area contributed by atoms with E-state index in [0.29, 0.717) is 6.04 Å². The van der Waals surface area contributed by atoms with E-state index in [2.05, 4.69) is 41.4 Å². The van der Waals surface area contributed by atoms with Gasteiger partial charge in [-0.1, -0.05) is 29.8 Å². The summed E-state index contributed by atoms with van der Waals surface area (Å²) in [5, 5.41) is 3.55. The van der Waals surface area contributed by atoms with Gasteiger partial charge in [0, 0.05) is 25.7 Å². The SMILES string of the molecule is Cc1cccc(C(CNCc2ccc(C)o2)N2CCOCC2)c1. The van der Waals surface area contributed by atoms with Crippen molar-refractivity contribution in [1.29, 1.82) is 0 Å². The molecule has 1 aliphatic rings. The second kappa shape index (κ2) is 7.77. The summed E-state index contributed by atoms with van der Waals surface area (Å²) < 4.78 is 11.1. The standard InChI is InChI=1S/C19H26N2O2/c1-15-4-3-5-17(12-15)19(21-8-10-22-11-9-21)14-20-13-18-7-6-16(2)23-18/h3-7,12,19-20H,8-11,13-14H2,1-2H3. The smallest absolute Gasteiger partial charge is 0.117 e. The third kappa shape index (κ3) is 4.44. The maximum Gasteiger partial charge on any atom is 0.117 e. The van der Waals surface area contributed by atoms with Crippen LogP contribution in [0.2, 0.25) is 0 Å². The van der Waals surface area contributed by atoms with E-state index in [1.54, 1.807) is 0 Å². The molecule has 1 aliphatic heterocycles. The van der Waals surface area contributed by atoms with Crippen LogP contribution in [0.3, 0.4) is 0 Å². The van der Waals surface area contributed by atoms with Crippen molar-refractivity contribution in [3.05, 3.63) is 59.0 Å². The molecule has 2 aromatic rings. The highest BCUT2D eigenvalue weighted by Gasteiger charge is 2.22. The molecule has 1 N–H and O–H groups in total. The number of ether oxygens (including phenoxy) is 1. The number of rotatable bonds is 6. The fraction of sp³-hybridized carbons (Fsp3) is 0.474. The number of morpholine rings is 1. The minimum absolute atomic E-state index is 0.370. The highest BCUT2D eigenvalue weighted by atomic mass is 16.5. The molecule has 0 saturated carbocycles. The van der Waals surface area contributed by atoms with Gasteiger partial charge >= 0.3 is 0 Å². The molecule has 23 heavy (non-hydrogen) atoms. The quantitative estimate of drug-likeness (QED) is 0.889. The summed E-state index contributed by atoms with van der Waals surface area (Å²) in [6.07, 6.45) is 0. The van der Waals surface area contributed by atoms with Crippen molar-refractivity contribution in [2.24, 2.45) is 0 Å². The van der Waals surface area contributed by atoms with Crippen LogP contribution in [0.4, 0.5) is 0 Å². The molecule has 3 rings (SSSR count). The Kier molecular flexibility index (Phi) is 5.49. The largest absolute Gasteiger partial charge is 0.465 e. The monoisotopic (exact) mass is 314 g/mol. The zero-order valence-corrected chi connectivity index (χ0v) is 14.0. The third-order valence-corrected chi connectivity index (χ3v) is 4.35. The van der Waals surface area contributed by atoms with Crippen molar-refractivity contribution in [3.63, 3.8) is 0 Å². The fourth-order valence-electron chi connectivity index (χ4n) is 3.14. The Labute approximate surface area is 138 Å². The second-order valence-corrected chi connectivity index (χ2v) is 6.22. The highest BCUT2D eigenvalue weighted by Crippen LogP contribution is 2.22. The van der Waals surface area contributed by atoms with E-state index in [1.165, 1.54) is 11.1 Å². The molecule has 1 unspecified atom stereocenters. The van der Waals surface area contributed by atoms with Gasteiger partial charge in [-0.15, -0.1) is 0 Å². The number of aryl methyl sites for hydroxylation is 2. The lowest BCUT2D eigenvalue weighted by atomic mass is 10.0. The number of benzene rings is 1. The lowest BCUT2D eigenvalue weighted by Gasteiger charge is -2.35. The highest BCUT2D eigenvalue weighted by molar-refractivity contribution is 5.25. The molecule has 124 valence electrons. The van der Waals surface area contributed by atoms with E-state index in [9.17, 15) is 0 Å². The van der Waals surface area contributed by atoms with E-state index in [1.807, 2.05) is 19.1 Å². The molecule has 0 spiro atoms. The zero-order chi connectivity index (χ0) is 16.1. The average molecular weight is 314 g/mol. The van der Waals surface area contributed by atoms with Gasteiger partial charge in [-0.05, 0) is 31.5 Å². The molecule has 1 aromatic carbocycles. The van der Waals surface area contributed by atoms with Crippen LogP contribution >= 0.6 is 0 Å². The van der Waals surface area contributed by atoms with Crippen molar-refractivity contribution in [2.45, 2.75) is 26.4 Å².